The predicted octanol–water partition coefficient (Wildman–Crippen LogP) is 3.74. The van der Waals surface area contributed by atoms with Gasteiger partial charge in [0.2, 0.25) is 0 Å². The molecule has 3 aromatic rings. The highest BCUT2D eigenvalue weighted by Crippen LogP contribution is 2.38. The molecule has 0 atom stereocenters. The third-order valence-electron chi connectivity index (χ3n) is 4.92. The minimum Gasteiger partial charge on any atom is -0.303 e. The molecule has 106 valence electrons. The molecule has 0 bridgehead atoms. The molecule has 1 aliphatic heterocycles. The molecule has 0 amide bonds. The fourth-order valence-electron chi connectivity index (χ4n) is 3.97. The molecule has 2 heteroatoms. The van der Waals surface area contributed by atoms with Gasteiger partial charge in [-0.15, -0.1) is 0 Å². The fourth-order valence-corrected chi connectivity index (χ4v) is 3.97. The monoisotopic (exact) mass is 285 g/mol. The average molecular weight is 285 g/mol. The van der Waals surface area contributed by atoms with Crippen LogP contribution in [0.15, 0.2) is 59.4 Å². The molecular formula is C20H15NO. The fraction of sp³-hybridized carbons (Fsp3) is 0.150. The van der Waals surface area contributed by atoms with E-state index in [9.17, 15) is 4.79 Å². The summed E-state index contributed by atoms with van der Waals surface area (Å²) in [6.07, 6.45) is 4.35. The van der Waals surface area contributed by atoms with Gasteiger partial charge in [-0.25, -0.2) is 0 Å². The minimum absolute atomic E-state index is 0.136. The van der Waals surface area contributed by atoms with Crippen LogP contribution in [0.5, 0.6) is 0 Å². The number of pyridine rings is 1. The number of fused-ring (bicyclic) bond motifs is 4. The number of rotatable bonds is 0. The third-order valence-corrected chi connectivity index (χ3v) is 4.92. The van der Waals surface area contributed by atoms with E-state index >= 15 is 0 Å². The molecule has 0 N–H and O–H groups in total. The molecule has 2 aromatic carbocycles. The summed E-state index contributed by atoms with van der Waals surface area (Å²) in [7, 11) is 0. The minimum atomic E-state index is 0.136. The van der Waals surface area contributed by atoms with Crippen molar-refractivity contribution in [1.29, 1.82) is 0 Å². The summed E-state index contributed by atoms with van der Waals surface area (Å²) in [6, 6.07) is 16.5. The summed E-state index contributed by atoms with van der Waals surface area (Å²) in [5, 5.41) is 1.98. The summed E-state index contributed by atoms with van der Waals surface area (Å²) in [5.74, 6) is 0. The zero-order valence-electron chi connectivity index (χ0n) is 12.2. The zero-order chi connectivity index (χ0) is 14.7. The molecule has 5 rings (SSSR count). The van der Waals surface area contributed by atoms with E-state index < -0.39 is 0 Å². The smallest absolute Gasteiger partial charge is 0.259 e. The standard InChI is InChI=1S/C20H15NO/c22-20-18-9-4-3-8-15(18)17-11-5-10-16-14-7-2-1-6-13(14)12-21(20)19(16)17/h1-4,6-10H,5,11-12H2. The summed E-state index contributed by atoms with van der Waals surface area (Å²) in [4.78, 5) is 13.0. The van der Waals surface area contributed by atoms with Crippen molar-refractivity contribution in [2.45, 2.75) is 19.4 Å². The number of hydrogen-bond acceptors (Lipinski definition) is 1. The Hall–Kier alpha value is -2.61. The summed E-state index contributed by atoms with van der Waals surface area (Å²) < 4.78 is 1.98. The first kappa shape index (κ1) is 12.0. The van der Waals surface area contributed by atoms with Crippen molar-refractivity contribution in [2.24, 2.45) is 0 Å². The Balaban J connectivity index is 1.98. The van der Waals surface area contributed by atoms with E-state index in [0.29, 0.717) is 6.54 Å². The van der Waals surface area contributed by atoms with Crippen LogP contribution in [-0.2, 0) is 13.0 Å². The molecule has 22 heavy (non-hydrogen) atoms. The lowest BCUT2D eigenvalue weighted by Gasteiger charge is -2.30. The summed E-state index contributed by atoms with van der Waals surface area (Å²) in [6.45, 7) is 0.680. The van der Waals surface area contributed by atoms with Crippen molar-refractivity contribution in [3.05, 3.63) is 87.3 Å². The van der Waals surface area contributed by atoms with E-state index in [-0.39, 0.29) is 5.56 Å². The van der Waals surface area contributed by atoms with E-state index in [0.717, 1.165) is 29.3 Å². The quantitative estimate of drug-likeness (QED) is 0.482. The first-order valence-electron chi connectivity index (χ1n) is 7.78. The molecule has 2 heterocycles. The highest BCUT2D eigenvalue weighted by Gasteiger charge is 2.27. The first-order chi connectivity index (χ1) is 10.8. The van der Waals surface area contributed by atoms with E-state index in [1.807, 2.05) is 22.8 Å². The largest absolute Gasteiger partial charge is 0.303 e. The van der Waals surface area contributed by atoms with Gasteiger partial charge < -0.3 is 4.57 Å². The van der Waals surface area contributed by atoms with Gasteiger partial charge in [0, 0.05) is 11.0 Å². The van der Waals surface area contributed by atoms with Crippen LogP contribution in [0, 0.1) is 0 Å². The molecule has 0 saturated heterocycles. The van der Waals surface area contributed by atoms with Gasteiger partial charge in [-0.05, 0) is 41.0 Å². The lowest BCUT2D eigenvalue weighted by atomic mass is 9.83. The number of aromatic nitrogens is 1. The Morgan fingerprint density at radius 3 is 2.59 bits per heavy atom. The molecule has 0 spiro atoms. The normalized spacial score (nSPS) is 15.2. The van der Waals surface area contributed by atoms with Crippen LogP contribution < -0.4 is 5.56 Å². The van der Waals surface area contributed by atoms with E-state index in [1.165, 1.54) is 22.3 Å². The Morgan fingerprint density at radius 2 is 1.68 bits per heavy atom. The molecule has 2 aliphatic rings. The van der Waals surface area contributed by atoms with Crippen LogP contribution in [0.25, 0.3) is 16.3 Å². The number of aryl methyl sites for hydroxylation is 1. The van der Waals surface area contributed by atoms with Gasteiger partial charge in [-0.3, -0.25) is 4.79 Å². The van der Waals surface area contributed by atoms with E-state index in [1.54, 1.807) is 0 Å². The summed E-state index contributed by atoms with van der Waals surface area (Å²) >= 11 is 0. The van der Waals surface area contributed by atoms with E-state index in [4.69, 9.17) is 0 Å². The van der Waals surface area contributed by atoms with Crippen molar-refractivity contribution < 1.29 is 0 Å². The molecule has 0 radical (unpaired) electrons. The number of benzene rings is 2. The van der Waals surface area contributed by atoms with Gasteiger partial charge in [-0.2, -0.15) is 0 Å². The molecule has 2 nitrogen and oxygen atoms in total. The SMILES string of the molecule is O=c1c2ccccc2c2c3n1Cc1ccccc1C3=CCC2. The Kier molecular flexibility index (Phi) is 2.29. The van der Waals surface area contributed by atoms with Gasteiger partial charge in [0.05, 0.1) is 12.2 Å². The van der Waals surface area contributed by atoms with Crippen LogP contribution >= 0.6 is 0 Å². The van der Waals surface area contributed by atoms with Gasteiger partial charge in [-0.1, -0.05) is 48.5 Å². The average Bonchev–Trinajstić information content (AvgIpc) is 2.59. The zero-order valence-corrected chi connectivity index (χ0v) is 12.2. The second kappa shape index (κ2) is 4.20. The van der Waals surface area contributed by atoms with Crippen molar-refractivity contribution in [1.82, 2.24) is 4.57 Å². The number of nitrogens with zero attached hydrogens (tertiary/aromatic N) is 1. The van der Waals surface area contributed by atoms with Crippen molar-refractivity contribution in [3.63, 3.8) is 0 Å². The van der Waals surface area contributed by atoms with Crippen LogP contribution in [-0.4, -0.2) is 4.57 Å². The Bertz CT molecular complexity index is 1020. The first-order valence-corrected chi connectivity index (χ1v) is 7.78. The molecule has 1 aliphatic carbocycles. The molecule has 0 saturated carbocycles. The maximum absolute atomic E-state index is 13.0. The van der Waals surface area contributed by atoms with Crippen molar-refractivity contribution in [2.75, 3.05) is 0 Å². The maximum atomic E-state index is 13.0. The molecule has 0 unspecified atom stereocenters. The topological polar surface area (TPSA) is 22.0 Å². The Labute approximate surface area is 128 Å². The van der Waals surface area contributed by atoms with Crippen LogP contribution in [0.2, 0.25) is 0 Å². The van der Waals surface area contributed by atoms with Gasteiger partial charge in [0.25, 0.3) is 5.56 Å². The lowest BCUT2D eigenvalue weighted by Crippen LogP contribution is -2.30. The summed E-state index contributed by atoms with van der Waals surface area (Å²) in [5.41, 5.74) is 6.39. The highest BCUT2D eigenvalue weighted by atomic mass is 16.1. The van der Waals surface area contributed by atoms with Crippen LogP contribution in [0.1, 0.15) is 28.8 Å². The predicted molar refractivity (Wildman–Crippen MR) is 89.2 cm³/mol. The van der Waals surface area contributed by atoms with E-state index in [2.05, 4.69) is 36.4 Å². The van der Waals surface area contributed by atoms with Gasteiger partial charge >= 0.3 is 0 Å². The van der Waals surface area contributed by atoms with Gasteiger partial charge in [0.1, 0.15) is 0 Å². The van der Waals surface area contributed by atoms with Crippen LogP contribution in [0.3, 0.4) is 0 Å². The molecular weight excluding hydrogens is 270 g/mol. The Morgan fingerprint density at radius 1 is 0.909 bits per heavy atom. The van der Waals surface area contributed by atoms with Gasteiger partial charge in [0.15, 0.2) is 0 Å². The maximum Gasteiger partial charge on any atom is 0.259 e. The molecule has 1 aromatic heterocycles. The van der Waals surface area contributed by atoms with Crippen LogP contribution in [0.4, 0.5) is 0 Å². The number of allylic oxidation sites excluding steroid dienone is 1. The third kappa shape index (κ3) is 1.42. The second-order valence-electron chi connectivity index (χ2n) is 6.08. The van der Waals surface area contributed by atoms with Crippen molar-refractivity contribution >= 4 is 16.3 Å². The second-order valence-corrected chi connectivity index (χ2v) is 6.08. The lowest BCUT2D eigenvalue weighted by molar-refractivity contribution is 0.721. The highest BCUT2D eigenvalue weighted by molar-refractivity contribution is 5.93. The molecule has 0 fully saturated rings. The number of hydrogen-bond donors (Lipinski definition) is 0. The van der Waals surface area contributed by atoms with Crippen molar-refractivity contribution in [3.8, 4) is 0 Å².